The van der Waals surface area contributed by atoms with Crippen LogP contribution in [-0.4, -0.2) is 65.1 Å². The van der Waals surface area contributed by atoms with E-state index in [0.29, 0.717) is 47.5 Å². The van der Waals surface area contributed by atoms with Crippen LogP contribution in [0.4, 0.5) is 14.5 Å². The fourth-order valence-corrected chi connectivity index (χ4v) is 5.66. The van der Waals surface area contributed by atoms with Crippen LogP contribution in [-0.2, 0) is 19.6 Å². The van der Waals surface area contributed by atoms with Crippen molar-refractivity contribution in [2.45, 2.75) is 18.2 Å². The second-order valence-electron chi connectivity index (χ2n) is 9.43. The molecule has 1 aromatic carbocycles. The lowest BCUT2D eigenvalue weighted by molar-refractivity contribution is -0.126. The van der Waals surface area contributed by atoms with E-state index in [1.165, 1.54) is 44.8 Å². The van der Waals surface area contributed by atoms with Crippen LogP contribution in [0.2, 0.25) is 0 Å². The quantitative estimate of drug-likeness (QED) is 0.295. The molecular weight excluding hydrogens is 582 g/mol. The third-order valence-electron chi connectivity index (χ3n) is 6.54. The van der Waals surface area contributed by atoms with Crippen LogP contribution < -0.4 is 9.46 Å². The summed E-state index contributed by atoms with van der Waals surface area (Å²) < 4.78 is 61.7. The van der Waals surface area contributed by atoms with Crippen molar-refractivity contribution in [3.05, 3.63) is 84.5 Å². The number of benzene rings is 1. The lowest BCUT2D eigenvalue weighted by atomic mass is 10.0. The molecule has 0 spiro atoms. The van der Waals surface area contributed by atoms with Gasteiger partial charge in [0.15, 0.2) is 10.7 Å². The van der Waals surface area contributed by atoms with Crippen molar-refractivity contribution in [2.75, 3.05) is 24.9 Å². The monoisotopic (exact) mass is 606 g/mol. The first kappa shape index (κ1) is 29.4. The molecule has 0 saturated carbocycles. The Bertz CT molecular complexity index is 1910. The van der Waals surface area contributed by atoms with Gasteiger partial charge in [-0.25, -0.2) is 37.1 Å². The fraction of sp³-hybridized carbons (Fsp3) is 0.172. The summed E-state index contributed by atoms with van der Waals surface area (Å²) in [6.45, 7) is 2.09. The summed E-state index contributed by atoms with van der Waals surface area (Å²) in [7, 11) is -3.43. The van der Waals surface area contributed by atoms with Crippen molar-refractivity contribution in [1.82, 2.24) is 24.8 Å². The second kappa shape index (κ2) is 12.0. The Labute approximate surface area is 245 Å². The topological polar surface area (TPSA) is 144 Å². The van der Waals surface area contributed by atoms with Gasteiger partial charge in [-0.1, -0.05) is 12.1 Å². The maximum absolute atomic E-state index is 14.3. The number of rotatable bonds is 8. The number of nitrogens with zero attached hydrogens (tertiary/aromatic N) is 5. The van der Waals surface area contributed by atoms with Crippen LogP contribution in [0.25, 0.3) is 27.9 Å². The zero-order valence-electron chi connectivity index (χ0n) is 22.9. The predicted octanol–water partition coefficient (Wildman–Crippen LogP) is 3.94. The van der Waals surface area contributed by atoms with Gasteiger partial charge in [0.1, 0.15) is 29.2 Å². The molecule has 43 heavy (non-hydrogen) atoms. The molecule has 1 aliphatic rings. The van der Waals surface area contributed by atoms with Gasteiger partial charge in [0, 0.05) is 30.9 Å². The van der Waals surface area contributed by atoms with Crippen LogP contribution in [0, 0.1) is 11.6 Å². The summed E-state index contributed by atoms with van der Waals surface area (Å²) in [6.07, 6.45) is 7.66. The molecule has 1 N–H and O–H groups in total. The number of halogens is 2. The maximum atomic E-state index is 14.3. The van der Waals surface area contributed by atoms with E-state index in [0.717, 1.165) is 23.8 Å². The molecule has 0 saturated heterocycles. The number of anilines is 1. The Kier molecular flexibility index (Phi) is 8.21. The van der Waals surface area contributed by atoms with Gasteiger partial charge < -0.3 is 9.64 Å². The molecule has 4 aromatic rings. The first-order valence-electron chi connectivity index (χ1n) is 12.9. The highest BCUT2D eigenvalue weighted by atomic mass is 32.2. The number of pyridine rings is 2. The maximum Gasteiger partial charge on any atom is 0.267 e. The molecule has 0 aliphatic carbocycles. The number of ether oxygens (including phenoxy) is 1. The van der Waals surface area contributed by atoms with Crippen LogP contribution in [0.1, 0.15) is 19.0 Å². The fourth-order valence-electron chi connectivity index (χ4n) is 4.48. The Morgan fingerprint density at radius 3 is 2.51 bits per heavy atom. The summed E-state index contributed by atoms with van der Waals surface area (Å²) >= 11 is 0. The predicted molar refractivity (Wildman–Crippen MR) is 153 cm³/mol. The minimum atomic E-state index is -4.70. The molecule has 0 radical (unpaired) electrons. The minimum Gasteiger partial charge on any atom is -0.480 e. The molecule has 1 aliphatic heterocycles. The van der Waals surface area contributed by atoms with E-state index in [1.807, 2.05) is 6.08 Å². The van der Waals surface area contributed by atoms with Gasteiger partial charge in [-0.05, 0) is 55.3 Å². The molecule has 0 bridgehead atoms. The average Bonchev–Trinajstić information content (AvgIpc) is 2.99. The molecule has 1 amide bonds. The van der Waals surface area contributed by atoms with Crippen molar-refractivity contribution >= 4 is 44.0 Å². The number of hydrogen-bond acceptors (Lipinski definition) is 9. The third-order valence-corrected chi connectivity index (χ3v) is 7.96. The van der Waals surface area contributed by atoms with Crippen LogP contribution in [0.3, 0.4) is 0 Å². The smallest absolute Gasteiger partial charge is 0.267 e. The number of aromatic nitrogens is 4. The first-order valence-corrected chi connectivity index (χ1v) is 14.4. The highest BCUT2D eigenvalue weighted by Crippen LogP contribution is 2.32. The summed E-state index contributed by atoms with van der Waals surface area (Å²) in [6, 6.07) is 7.50. The molecule has 11 nitrogen and oxygen atoms in total. The molecular formula is C29H24F2N6O5S. The zero-order chi connectivity index (χ0) is 30.7. The Balaban J connectivity index is 1.48. The largest absolute Gasteiger partial charge is 0.480 e. The van der Waals surface area contributed by atoms with Gasteiger partial charge in [-0.15, -0.1) is 0 Å². The Hall–Kier alpha value is -5.11. The Morgan fingerprint density at radius 2 is 1.84 bits per heavy atom. The minimum absolute atomic E-state index is 0.126. The lowest BCUT2D eigenvalue weighted by Crippen LogP contribution is -2.33. The number of nitrogens with one attached hydrogen (secondary N) is 1. The van der Waals surface area contributed by atoms with E-state index in [1.54, 1.807) is 17.0 Å². The molecule has 5 rings (SSSR count). The normalized spacial score (nSPS) is 13.7. The summed E-state index contributed by atoms with van der Waals surface area (Å²) in [5, 5.41) is 0. The number of amides is 1. The van der Waals surface area contributed by atoms with E-state index in [2.05, 4.69) is 19.7 Å². The average molecular weight is 607 g/mol. The standard InChI is InChI=1S/C29H24F2N6O5S/c1-17(38)6-9-25(39)37-12-10-18(11-13-37)26-27-23(33-16-34-26)8-7-22(35-27)19-14-24(29(42-2)32-15-19)36-43(40,41)28-20(30)4-3-5-21(28)31/h3-10,14-16,36H,11-13H2,1-2H3/b9-6+. The summed E-state index contributed by atoms with van der Waals surface area (Å²) in [5.41, 5.74) is 3.03. The molecule has 14 heteroatoms. The molecule has 0 fully saturated rings. The van der Waals surface area contributed by atoms with E-state index >= 15 is 0 Å². The van der Waals surface area contributed by atoms with Gasteiger partial charge in [0.05, 0.1) is 24.0 Å². The van der Waals surface area contributed by atoms with E-state index in [4.69, 9.17) is 9.72 Å². The number of methoxy groups -OCH3 is 1. The Morgan fingerprint density at radius 1 is 1.07 bits per heavy atom. The van der Waals surface area contributed by atoms with Gasteiger partial charge in [0.25, 0.3) is 10.0 Å². The molecule has 3 aromatic heterocycles. The SMILES string of the molecule is COc1ncc(-c2ccc3ncnc(C4=CCN(C(=O)/C=C/C(C)=O)CC4)c3n2)cc1NS(=O)(=O)c1c(F)cccc1F. The van der Waals surface area contributed by atoms with Gasteiger partial charge >= 0.3 is 0 Å². The second-order valence-corrected chi connectivity index (χ2v) is 11.1. The summed E-state index contributed by atoms with van der Waals surface area (Å²) in [5.74, 6) is -3.12. The van der Waals surface area contributed by atoms with Crippen LogP contribution >= 0.6 is 0 Å². The highest BCUT2D eigenvalue weighted by Gasteiger charge is 2.26. The van der Waals surface area contributed by atoms with Gasteiger partial charge in [0.2, 0.25) is 11.8 Å². The number of ketones is 1. The number of carbonyl (C=O) groups excluding carboxylic acids is 2. The van der Waals surface area contributed by atoms with Crippen molar-refractivity contribution < 1.29 is 31.5 Å². The highest BCUT2D eigenvalue weighted by molar-refractivity contribution is 7.92. The zero-order valence-corrected chi connectivity index (χ0v) is 23.7. The number of allylic oxidation sites excluding steroid dienone is 1. The number of hydrogen-bond donors (Lipinski definition) is 1. The number of fused-ring (bicyclic) bond motifs is 1. The number of sulfonamides is 1. The molecule has 220 valence electrons. The summed E-state index contributed by atoms with van der Waals surface area (Å²) in [4.78, 5) is 41.6. The molecule has 0 unspecified atom stereocenters. The van der Waals surface area contributed by atoms with Crippen molar-refractivity contribution in [1.29, 1.82) is 0 Å². The van der Waals surface area contributed by atoms with Crippen molar-refractivity contribution in [2.24, 2.45) is 0 Å². The molecule has 0 atom stereocenters. The molecule has 4 heterocycles. The first-order chi connectivity index (χ1) is 20.6. The number of carbonyl (C=O) groups is 2. The van der Waals surface area contributed by atoms with Crippen LogP contribution in [0.15, 0.2) is 72.0 Å². The van der Waals surface area contributed by atoms with Crippen LogP contribution in [0.5, 0.6) is 5.88 Å². The van der Waals surface area contributed by atoms with E-state index in [-0.39, 0.29) is 23.3 Å². The van der Waals surface area contributed by atoms with Gasteiger partial charge in [-0.2, -0.15) is 0 Å². The lowest BCUT2D eigenvalue weighted by Gasteiger charge is -2.25. The van der Waals surface area contributed by atoms with E-state index < -0.39 is 26.6 Å². The van der Waals surface area contributed by atoms with E-state index in [9.17, 15) is 26.8 Å². The third kappa shape index (κ3) is 6.23. The van der Waals surface area contributed by atoms with Crippen molar-refractivity contribution in [3.8, 4) is 17.1 Å². The van der Waals surface area contributed by atoms with Crippen molar-refractivity contribution in [3.63, 3.8) is 0 Å². The van der Waals surface area contributed by atoms with Gasteiger partial charge in [-0.3, -0.25) is 14.3 Å².